The molecule has 1 heteroatoms. The summed E-state index contributed by atoms with van der Waals surface area (Å²) >= 11 is 0. The molecule has 15 atom stereocenters. The SMILES string of the molecule is C1C2PC34C1CC3C1C3C5CC6CC7C8C2C14C83C675. The average molecular weight is 266 g/mol. The second kappa shape index (κ2) is 1.59. The molecule has 0 N–H and O–H groups in total. The fourth-order valence-electron chi connectivity index (χ4n) is 13.6. The molecule has 10 aliphatic rings. The summed E-state index contributed by atoms with van der Waals surface area (Å²) < 4.78 is 0. The molecule has 2 saturated heterocycles. The van der Waals surface area contributed by atoms with Gasteiger partial charge in [-0.3, -0.25) is 0 Å². The maximum absolute atomic E-state index is 1.72. The van der Waals surface area contributed by atoms with E-state index in [4.69, 9.17) is 0 Å². The van der Waals surface area contributed by atoms with Crippen LogP contribution in [-0.2, 0) is 0 Å². The highest BCUT2D eigenvalue weighted by Gasteiger charge is 3.17. The van der Waals surface area contributed by atoms with Crippen molar-refractivity contribution in [1.82, 2.24) is 0 Å². The first-order chi connectivity index (χ1) is 9.38. The first-order valence-electron chi connectivity index (χ1n) is 9.15. The normalized spacial score (nSPS) is 105. The molecule has 19 heavy (non-hydrogen) atoms. The molecule has 4 spiro atoms. The van der Waals surface area contributed by atoms with Gasteiger partial charge in [-0.15, -0.1) is 8.58 Å². The van der Waals surface area contributed by atoms with Gasteiger partial charge in [0.1, 0.15) is 0 Å². The fourth-order valence-corrected chi connectivity index (χ4v) is 17.0. The maximum Gasteiger partial charge on any atom is 0.000843 e. The Morgan fingerprint density at radius 3 is 2.26 bits per heavy atom. The molecule has 0 aromatic heterocycles. The minimum Gasteiger partial charge on any atom is -0.111 e. The van der Waals surface area contributed by atoms with E-state index in [1.165, 1.54) is 67.5 Å². The van der Waals surface area contributed by atoms with E-state index in [0.29, 0.717) is 0 Å². The van der Waals surface area contributed by atoms with Crippen LogP contribution in [0.3, 0.4) is 0 Å². The van der Waals surface area contributed by atoms with E-state index in [1.54, 1.807) is 25.7 Å². The summed E-state index contributed by atoms with van der Waals surface area (Å²) in [5, 5.41) is 1.06. The minimum absolute atomic E-state index is 1.06. The second-order valence-electron chi connectivity index (χ2n) is 10.6. The van der Waals surface area contributed by atoms with Crippen LogP contribution in [0.5, 0.6) is 0 Å². The molecule has 0 aromatic carbocycles. The topological polar surface area (TPSA) is 0 Å². The van der Waals surface area contributed by atoms with Crippen molar-refractivity contribution in [3.05, 3.63) is 0 Å². The molecule has 8 aliphatic carbocycles. The largest absolute Gasteiger partial charge is 0.111 e. The van der Waals surface area contributed by atoms with E-state index in [-0.39, 0.29) is 0 Å². The molecule has 0 amide bonds. The quantitative estimate of drug-likeness (QED) is 0.591. The molecule has 2 heterocycles. The zero-order valence-electron chi connectivity index (χ0n) is 11.1. The number of fused-ring (bicyclic) bond motifs is 7. The van der Waals surface area contributed by atoms with Gasteiger partial charge in [-0.25, -0.2) is 0 Å². The first kappa shape index (κ1) is 8.17. The first-order valence-corrected chi connectivity index (χ1v) is 10.2. The summed E-state index contributed by atoms with van der Waals surface area (Å²) in [5.74, 6) is 11.8. The van der Waals surface area contributed by atoms with Crippen LogP contribution in [0.25, 0.3) is 0 Å². The summed E-state index contributed by atoms with van der Waals surface area (Å²) in [4.78, 5) is 0. The van der Waals surface area contributed by atoms with Gasteiger partial charge in [0.05, 0.1) is 0 Å². The van der Waals surface area contributed by atoms with Crippen molar-refractivity contribution in [2.45, 2.75) is 36.5 Å². The van der Waals surface area contributed by atoms with Gasteiger partial charge in [0.15, 0.2) is 0 Å². The molecule has 10 fully saturated rings. The van der Waals surface area contributed by atoms with E-state index in [9.17, 15) is 0 Å². The van der Waals surface area contributed by atoms with Crippen molar-refractivity contribution >= 4 is 8.58 Å². The Morgan fingerprint density at radius 2 is 1.42 bits per heavy atom. The summed E-state index contributed by atoms with van der Waals surface area (Å²) in [5.41, 5.74) is 4.52. The van der Waals surface area contributed by atoms with Gasteiger partial charge in [-0.1, -0.05) is 0 Å². The maximum atomic E-state index is 1.72. The summed E-state index contributed by atoms with van der Waals surface area (Å²) in [6, 6.07) is 0. The van der Waals surface area contributed by atoms with E-state index in [2.05, 4.69) is 0 Å². The van der Waals surface area contributed by atoms with Crippen molar-refractivity contribution in [3.8, 4) is 0 Å². The van der Waals surface area contributed by atoms with Gasteiger partial charge in [-0.05, 0) is 101 Å². The lowest BCUT2D eigenvalue weighted by Gasteiger charge is -3.17. The summed E-state index contributed by atoms with van der Waals surface area (Å²) in [6.07, 6.45) is 6.86. The minimum atomic E-state index is 1.06. The number of hydrogen-bond acceptors (Lipinski definition) is 0. The van der Waals surface area contributed by atoms with Crippen LogP contribution < -0.4 is 0 Å². The fraction of sp³-hybridized carbons (Fsp3) is 1.00. The smallest absolute Gasteiger partial charge is 0.000843 e. The Kier molecular flexibility index (Phi) is 0.681. The molecule has 10 rings (SSSR count). The average Bonchev–Trinajstić information content (AvgIpc) is 2.78. The zero-order valence-corrected chi connectivity index (χ0v) is 12.1. The third-order valence-electron chi connectivity index (χ3n) is 12.4. The van der Waals surface area contributed by atoms with Gasteiger partial charge in [-0.2, -0.15) is 0 Å². The standard InChI is InChI=1S/C18H19P/c1-5-2-8-12-14-10-4-6-3-9-13-11-7(1)15(5,8)16(11,12)17(13,14)18(6,9)19-10/h5-14,19H,1-4H2. The monoisotopic (exact) mass is 266 g/mol. The van der Waals surface area contributed by atoms with E-state index >= 15 is 0 Å². The molecule has 0 nitrogen and oxygen atoms in total. The predicted octanol–water partition coefficient (Wildman–Crippen LogP) is 2.97. The number of rotatable bonds is 0. The van der Waals surface area contributed by atoms with Gasteiger partial charge < -0.3 is 0 Å². The molecule has 0 radical (unpaired) electrons. The van der Waals surface area contributed by atoms with Crippen LogP contribution in [-0.4, -0.2) is 10.8 Å². The summed E-state index contributed by atoms with van der Waals surface area (Å²) in [6.45, 7) is 0. The molecule has 8 saturated carbocycles. The van der Waals surface area contributed by atoms with Crippen LogP contribution in [0, 0.1) is 69.5 Å². The van der Waals surface area contributed by atoms with E-state index in [0.717, 1.165) is 21.4 Å². The Bertz CT molecular complexity index is 700. The van der Waals surface area contributed by atoms with Gasteiger partial charge in [0.25, 0.3) is 0 Å². The molecular weight excluding hydrogens is 247 g/mol. The number of hydrogen-bond donors (Lipinski definition) is 0. The molecule has 15 unspecified atom stereocenters. The van der Waals surface area contributed by atoms with Crippen LogP contribution in [0.4, 0.5) is 0 Å². The molecular formula is C18H19P. The molecule has 2 bridgehead atoms. The third kappa shape index (κ3) is 0.311. The highest BCUT2D eigenvalue weighted by Crippen LogP contribution is 3.20. The van der Waals surface area contributed by atoms with Crippen molar-refractivity contribution in [2.24, 2.45) is 69.5 Å². The predicted molar refractivity (Wildman–Crippen MR) is 72.0 cm³/mol. The Hall–Kier alpha value is 0.430. The van der Waals surface area contributed by atoms with Gasteiger partial charge in [0.2, 0.25) is 0 Å². The second-order valence-corrected chi connectivity index (χ2v) is 12.4. The van der Waals surface area contributed by atoms with E-state index < -0.39 is 0 Å². The summed E-state index contributed by atoms with van der Waals surface area (Å²) in [7, 11) is 1.48. The van der Waals surface area contributed by atoms with Crippen molar-refractivity contribution in [3.63, 3.8) is 0 Å². The van der Waals surface area contributed by atoms with Crippen LogP contribution in [0.1, 0.15) is 25.7 Å². The van der Waals surface area contributed by atoms with Crippen LogP contribution >= 0.6 is 8.58 Å². The Labute approximate surface area is 115 Å². The third-order valence-corrected chi connectivity index (χ3v) is 15.0. The van der Waals surface area contributed by atoms with Crippen molar-refractivity contribution in [1.29, 1.82) is 0 Å². The van der Waals surface area contributed by atoms with E-state index in [1.807, 2.05) is 0 Å². The van der Waals surface area contributed by atoms with Gasteiger partial charge >= 0.3 is 0 Å². The Balaban J connectivity index is 1.37. The molecule has 0 aromatic rings. The lowest BCUT2D eigenvalue weighted by Crippen LogP contribution is -3.15. The van der Waals surface area contributed by atoms with Gasteiger partial charge in [0, 0.05) is 5.16 Å². The van der Waals surface area contributed by atoms with Crippen molar-refractivity contribution in [2.75, 3.05) is 0 Å². The van der Waals surface area contributed by atoms with Crippen LogP contribution in [0.2, 0.25) is 0 Å². The zero-order chi connectivity index (χ0) is 11.3. The highest BCUT2D eigenvalue weighted by atomic mass is 31.1. The Morgan fingerprint density at radius 1 is 0.684 bits per heavy atom. The highest BCUT2D eigenvalue weighted by molar-refractivity contribution is 7.42. The van der Waals surface area contributed by atoms with Crippen molar-refractivity contribution < 1.29 is 0 Å². The lowest BCUT2D eigenvalue weighted by molar-refractivity contribution is -0.694. The molecule has 96 valence electrons. The lowest BCUT2D eigenvalue weighted by atomic mass is 8.87. The molecule has 2 aliphatic heterocycles. The van der Waals surface area contributed by atoms with Crippen LogP contribution in [0.15, 0.2) is 0 Å².